The normalized spacial score (nSPS) is 35.0. The average molecular weight is 454 g/mol. The van der Waals surface area contributed by atoms with Crippen LogP contribution < -0.4 is 0 Å². The van der Waals surface area contributed by atoms with Gasteiger partial charge in [0.05, 0.1) is 24.4 Å². The van der Waals surface area contributed by atoms with Crippen molar-refractivity contribution in [2.75, 3.05) is 26.2 Å². The molecule has 0 spiro atoms. The van der Waals surface area contributed by atoms with E-state index in [0.29, 0.717) is 13.2 Å². The lowest BCUT2D eigenvalue weighted by Gasteiger charge is -2.56. The first kappa shape index (κ1) is 23.4. The molecular weight excluding hydrogens is 417 g/mol. The van der Waals surface area contributed by atoms with Gasteiger partial charge in [0, 0.05) is 6.54 Å². The lowest BCUT2D eigenvalue weighted by Crippen LogP contribution is -2.53. The monoisotopic (exact) mass is 453 g/mol. The van der Waals surface area contributed by atoms with Crippen molar-refractivity contribution in [1.29, 1.82) is 0 Å². The summed E-state index contributed by atoms with van der Waals surface area (Å²) in [5.41, 5.74) is 0.848. The van der Waals surface area contributed by atoms with Gasteiger partial charge in [-0.1, -0.05) is 12.1 Å². The number of hydrogen-bond donors (Lipinski definition) is 2. The van der Waals surface area contributed by atoms with Crippen LogP contribution in [0.3, 0.4) is 0 Å². The minimum Gasteiger partial charge on any atom is -0.389 e. The fourth-order valence-corrected chi connectivity index (χ4v) is 7.22. The zero-order valence-electron chi connectivity index (χ0n) is 18.3. The second-order valence-electron chi connectivity index (χ2n) is 10.7. The van der Waals surface area contributed by atoms with Crippen LogP contribution in [0, 0.1) is 29.5 Å². The first-order valence-corrected chi connectivity index (χ1v) is 12.0. The maximum Gasteiger partial charge on any atom is 0.123 e. The molecule has 2 N–H and O–H groups in total. The van der Waals surface area contributed by atoms with E-state index in [1.807, 2.05) is 0 Å². The van der Waals surface area contributed by atoms with Gasteiger partial charge < -0.3 is 19.8 Å². The largest absolute Gasteiger partial charge is 0.389 e. The Morgan fingerprint density at radius 3 is 2.06 bits per heavy atom. The number of ether oxygens (including phenoxy) is 1. The first-order valence-electron chi connectivity index (χ1n) is 12.0. The number of likely N-dealkylation sites (tertiary alicyclic amines) is 1. The summed E-state index contributed by atoms with van der Waals surface area (Å²) in [6.07, 6.45) is 8.63. The zero-order chi connectivity index (χ0) is 20.7. The summed E-state index contributed by atoms with van der Waals surface area (Å²) in [6, 6.07) is 6.18. The van der Waals surface area contributed by atoms with Crippen LogP contribution in [0.15, 0.2) is 24.3 Å². The third-order valence-electron chi connectivity index (χ3n) is 8.32. The minimum absolute atomic E-state index is 0. The van der Waals surface area contributed by atoms with E-state index in [-0.39, 0.29) is 29.7 Å². The van der Waals surface area contributed by atoms with Crippen LogP contribution in [0.5, 0.6) is 0 Å². The third-order valence-corrected chi connectivity index (χ3v) is 8.32. The molecule has 4 aliphatic carbocycles. The van der Waals surface area contributed by atoms with Crippen LogP contribution in [0.2, 0.25) is 0 Å². The van der Waals surface area contributed by atoms with Crippen molar-refractivity contribution >= 4 is 12.4 Å². The third kappa shape index (κ3) is 5.27. The van der Waals surface area contributed by atoms with Gasteiger partial charge in [-0.15, -0.1) is 12.4 Å². The van der Waals surface area contributed by atoms with Crippen molar-refractivity contribution in [1.82, 2.24) is 4.90 Å². The number of aliphatic hydroxyl groups excluding tert-OH is 2. The highest BCUT2D eigenvalue weighted by molar-refractivity contribution is 5.85. The smallest absolute Gasteiger partial charge is 0.123 e. The number of piperidine rings is 1. The van der Waals surface area contributed by atoms with Crippen molar-refractivity contribution in [3.8, 4) is 0 Å². The van der Waals surface area contributed by atoms with Crippen molar-refractivity contribution in [2.24, 2.45) is 23.7 Å². The summed E-state index contributed by atoms with van der Waals surface area (Å²) in [7, 11) is 0. The van der Waals surface area contributed by atoms with Gasteiger partial charge in [-0.05, 0) is 106 Å². The molecular formula is C25H37ClFNO3. The Kier molecular flexibility index (Phi) is 7.29. The molecule has 31 heavy (non-hydrogen) atoms. The number of benzene rings is 1. The average Bonchev–Trinajstić information content (AvgIpc) is 2.72. The molecule has 6 rings (SSSR count). The Hall–Kier alpha value is -0.720. The molecule has 1 saturated heterocycles. The van der Waals surface area contributed by atoms with E-state index in [1.165, 1.54) is 50.7 Å². The van der Waals surface area contributed by atoms with Gasteiger partial charge in [0.1, 0.15) is 5.82 Å². The van der Waals surface area contributed by atoms with Gasteiger partial charge in [0.25, 0.3) is 0 Å². The first-order chi connectivity index (χ1) is 14.5. The molecule has 0 aromatic heterocycles. The number of halogens is 2. The molecule has 1 aromatic carbocycles. The molecule has 5 fully saturated rings. The van der Waals surface area contributed by atoms with Gasteiger partial charge in [-0.25, -0.2) is 4.39 Å². The fourth-order valence-electron chi connectivity index (χ4n) is 7.22. The number of aliphatic hydroxyl groups is 2. The lowest BCUT2D eigenvalue weighted by molar-refractivity contribution is -0.176. The zero-order valence-corrected chi connectivity index (χ0v) is 19.1. The Bertz CT molecular complexity index is 687. The van der Waals surface area contributed by atoms with Crippen LogP contribution in [0.4, 0.5) is 4.39 Å². The number of rotatable bonds is 7. The van der Waals surface area contributed by atoms with E-state index in [1.54, 1.807) is 12.1 Å². The maximum absolute atomic E-state index is 13.1. The molecule has 2 atom stereocenters. The van der Waals surface area contributed by atoms with Gasteiger partial charge in [-0.2, -0.15) is 0 Å². The van der Waals surface area contributed by atoms with E-state index < -0.39 is 12.2 Å². The molecule has 1 aromatic rings. The molecule has 4 nitrogen and oxygen atoms in total. The van der Waals surface area contributed by atoms with Crippen molar-refractivity contribution in [3.63, 3.8) is 0 Å². The summed E-state index contributed by atoms with van der Waals surface area (Å²) >= 11 is 0. The summed E-state index contributed by atoms with van der Waals surface area (Å²) in [4.78, 5) is 2.29. The molecule has 1 aliphatic heterocycles. The van der Waals surface area contributed by atoms with E-state index in [9.17, 15) is 14.6 Å². The van der Waals surface area contributed by atoms with Crippen LogP contribution >= 0.6 is 12.4 Å². The highest BCUT2D eigenvalue weighted by Gasteiger charge is 2.51. The standard InChI is InChI=1S/C25H36FNO3.ClH/c26-22-3-1-20(2-4-22)24(29)21-5-7-27(8-6-21)15-23(28)16-30-25-12-17-9-18(13-25)11-19(10-17)14-25;/h1-4,17-19,21,23-24,28-29H,5-16H2;1H. The Morgan fingerprint density at radius 2 is 1.52 bits per heavy atom. The Balaban J connectivity index is 0.00000231. The van der Waals surface area contributed by atoms with Crippen molar-refractivity contribution in [3.05, 3.63) is 35.6 Å². The molecule has 0 amide bonds. The summed E-state index contributed by atoms with van der Waals surface area (Å²) in [6.45, 7) is 2.84. The molecule has 5 aliphatic rings. The van der Waals surface area contributed by atoms with Gasteiger partial charge in [0.2, 0.25) is 0 Å². The number of β-amino-alcohol motifs (C(OH)–C–C–N with tert-alkyl or cyclic N) is 1. The predicted molar refractivity (Wildman–Crippen MR) is 121 cm³/mol. The fraction of sp³-hybridized carbons (Fsp3) is 0.760. The highest BCUT2D eigenvalue weighted by Crippen LogP contribution is 2.57. The van der Waals surface area contributed by atoms with Gasteiger partial charge in [-0.3, -0.25) is 0 Å². The number of nitrogens with zero attached hydrogens (tertiary/aromatic N) is 1. The molecule has 4 bridgehead atoms. The SMILES string of the molecule is Cl.OC(COC12CC3CC(CC(C3)C1)C2)CN1CCC(C(O)c2ccc(F)cc2)CC1. The predicted octanol–water partition coefficient (Wildman–Crippen LogP) is 4.34. The molecule has 174 valence electrons. The van der Waals surface area contributed by atoms with Crippen molar-refractivity contribution in [2.45, 2.75) is 69.2 Å². The lowest BCUT2D eigenvalue weighted by atomic mass is 9.54. The molecule has 1 heterocycles. The highest BCUT2D eigenvalue weighted by atomic mass is 35.5. The van der Waals surface area contributed by atoms with E-state index >= 15 is 0 Å². The van der Waals surface area contributed by atoms with Crippen molar-refractivity contribution < 1.29 is 19.3 Å². The van der Waals surface area contributed by atoms with Gasteiger partial charge in [0.15, 0.2) is 0 Å². The molecule has 4 saturated carbocycles. The molecule has 0 radical (unpaired) electrons. The van der Waals surface area contributed by atoms with Crippen LogP contribution in [-0.2, 0) is 4.74 Å². The Labute approximate surface area is 191 Å². The van der Waals surface area contributed by atoms with Gasteiger partial charge >= 0.3 is 0 Å². The van der Waals surface area contributed by atoms with Crippen LogP contribution in [0.25, 0.3) is 0 Å². The maximum atomic E-state index is 13.1. The second kappa shape index (κ2) is 9.64. The summed E-state index contributed by atoms with van der Waals surface area (Å²) in [5.74, 6) is 2.50. The second-order valence-corrected chi connectivity index (χ2v) is 10.7. The van der Waals surface area contributed by atoms with Crippen LogP contribution in [0.1, 0.15) is 63.0 Å². The molecule has 6 heteroatoms. The van der Waals surface area contributed by atoms with E-state index in [0.717, 1.165) is 49.2 Å². The minimum atomic E-state index is -0.544. The van der Waals surface area contributed by atoms with E-state index in [4.69, 9.17) is 4.74 Å². The topological polar surface area (TPSA) is 52.9 Å². The summed E-state index contributed by atoms with van der Waals surface area (Å²) < 4.78 is 19.5. The molecule has 2 unspecified atom stereocenters. The number of hydrogen-bond acceptors (Lipinski definition) is 4. The van der Waals surface area contributed by atoms with E-state index in [2.05, 4.69) is 4.90 Å². The van der Waals surface area contributed by atoms with Crippen LogP contribution in [-0.4, -0.2) is 53.1 Å². The summed E-state index contributed by atoms with van der Waals surface area (Å²) in [5, 5.41) is 21.3. The quantitative estimate of drug-likeness (QED) is 0.644. The Morgan fingerprint density at radius 1 is 0.968 bits per heavy atom.